The van der Waals surface area contributed by atoms with Gasteiger partial charge < -0.3 is 5.32 Å². The number of benzene rings is 1. The molecule has 0 saturated carbocycles. The number of hydrogen-bond donors (Lipinski definition) is 1. The molecule has 0 saturated heterocycles. The predicted octanol–water partition coefficient (Wildman–Crippen LogP) is 3.90. The van der Waals surface area contributed by atoms with Crippen LogP contribution in [0.1, 0.15) is 25.8 Å². The molecule has 3 rings (SSSR count). The second-order valence-corrected chi connectivity index (χ2v) is 8.13. The summed E-state index contributed by atoms with van der Waals surface area (Å²) in [6.45, 7) is 5.58. The molecule has 1 amide bonds. The first-order chi connectivity index (χ1) is 12.9. The van der Waals surface area contributed by atoms with Crippen LogP contribution in [0.5, 0.6) is 0 Å². The minimum Gasteiger partial charge on any atom is -0.353 e. The Hall–Kier alpha value is -2.19. The summed E-state index contributed by atoms with van der Waals surface area (Å²) in [5.74, 6) is -0.304. The van der Waals surface area contributed by atoms with Gasteiger partial charge in [-0.25, -0.2) is 9.37 Å². The maximum atomic E-state index is 13.7. The molecule has 5 nitrogen and oxygen atoms in total. The van der Waals surface area contributed by atoms with Gasteiger partial charge in [0.1, 0.15) is 10.5 Å². The highest BCUT2D eigenvalue weighted by Gasteiger charge is 2.16. The summed E-state index contributed by atoms with van der Waals surface area (Å²) in [6.07, 6.45) is 0.842. The van der Waals surface area contributed by atoms with E-state index in [4.69, 9.17) is 0 Å². The van der Waals surface area contributed by atoms with E-state index < -0.39 is 0 Å². The van der Waals surface area contributed by atoms with Crippen molar-refractivity contribution in [3.8, 4) is 5.69 Å². The van der Waals surface area contributed by atoms with Gasteiger partial charge in [0.2, 0.25) is 5.91 Å². The van der Waals surface area contributed by atoms with E-state index in [0.717, 1.165) is 6.42 Å². The lowest BCUT2D eigenvalue weighted by Gasteiger charge is -2.14. The van der Waals surface area contributed by atoms with E-state index in [1.54, 1.807) is 25.1 Å². The largest absolute Gasteiger partial charge is 0.353 e. The monoisotopic (exact) mass is 405 g/mol. The quantitative estimate of drug-likeness (QED) is 0.499. The fourth-order valence-electron chi connectivity index (χ4n) is 2.53. The first-order valence-electron chi connectivity index (χ1n) is 8.59. The standard InChI is InChI=1S/C19H20FN3O2S2/c1-4-12(3)21-16(24)10-27-19-22-15-7-8-26-17(15)18(25)23(19)13-5-6-14(20)11(2)9-13/h5-9,12H,4,10H2,1-3H3,(H,21,24)/t12-/m0/s1. The second-order valence-electron chi connectivity index (χ2n) is 6.27. The SMILES string of the molecule is CC[C@H](C)NC(=O)CSc1nc2ccsc2c(=O)n1-c1ccc(F)c(C)c1. The Bertz CT molecular complexity index is 1050. The van der Waals surface area contributed by atoms with Crippen molar-refractivity contribution in [3.05, 3.63) is 51.4 Å². The first kappa shape index (κ1) is 19.6. The van der Waals surface area contributed by atoms with Gasteiger partial charge in [-0.3, -0.25) is 14.2 Å². The van der Waals surface area contributed by atoms with Gasteiger partial charge in [0.25, 0.3) is 5.56 Å². The van der Waals surface area contributed by atoms with Gasteiger partial charge >= 0.3 is 0 Å². The number of rotatable bonds is 6. The number of thiophene rings is 1. The van der Waals surface area contributed by atoms with Gasteiger partial charge in [-0.05, 0) is 55.5 Å². The first-order valence-corrected chi connectivity index (χ1v) is 10.5. The number of fused-ring (bicyclic) bond motifs is 1. The van der Waals surface area contributed by atoms with Crippen molar-refractivity contribution in [2.75, 3.05) is 5.75 Å². The van der Waals surface area contributed by atoms with Crippen LogP contribution in [0.3, 0.4) is 0 Å². The average Bonchev–Trinajstić information content (AvgIpc) is 3.11. The zero-order valence-corrected chi connectivity index (χ0v) is 16.9. The smallest absolute Gasteiger partial charge is 0.276 e. The molecule has 2 aromatic heterocycles. The Morgan fingerprint density at radius 2 is 2.19 bits per heavy atom. The summed E-state index contributed by atoms with van der Waals surface area (Å²) >= 11 is 2.51. The summed E-state index contributed by atoms with van der Waals surface area (Å²) in [5.41, 5.74) is 1.36. The molecule has 0 bridgehead atoms. The molecular weight excluding hydrogens is 385 g/mol. The molecular formula is C19H20FN3O2S2. The summed E-state index contributed by atoms with van der Waals surface area (Å²) in [7, 11) is 0. The number of halogens is 1. The molecule has 0 radical (unpaired) electrons. The molecule has 142 valence electrons. The number of amides is 1. The third-order valence-electron chi connectivity index (χ3n) is 4.20. The van der Waals surface area contributed by atoms with Crippen molar-refractivity contribution >= 4 is 39.2 Å². The van der Waals surface area contributed by atoms with E-state index in [0.29, 0.717) is 26.6 Å². The highest BCUT2D eigenvalue weighted by Crippen LogP contribution is 2.24. The van der Waals surface area contributed by atoms with Crippen molar-refractivity contribution in [1.82, 2.24) is 14.9 Å². The maximum Gasteiger partial charge on any atom is 0.276 e. The van der Waals surface area contributed by atoms with Crippen LogP contribution in [-0.4, -0.2) is 27.3 Å². The maximum absolute atomic E-state index is 13.7. The highest BCUT2D eigenvalue weighted by molar-refractivity contribution is 7.99. The van der Waals surface area contributed by atoms with Crippen LogP contribution in [0.25, 0.3) is 15.9 Å². The van der Waals surface area contributed by atoms with Crippen molar-refractivity contribution in [3.63, 3.8) is 0 Å². The van der Waals surface area contributed by atoms with E-state index in [-0.39, 0.29) is 29.1 Å². The van der Waals surface area contributed by atoms with E-state index in [1.165, 1.54) is 33.7 Å². The van der Waals surface area contributed by atoms with E-state index >= 15 is 0 Å². The fraction of sp³-hybridized carbons (Fsp3) is 0.316. The van der Waals surface area contributed by atoms with Crippen molar-refractivity contribution < 1.29 is 9.18 Å². The van der Waals surface area contributed by atoms with Gasteiger partial charge in [-0.15, -0.1) is 11.3 Å². The molecule has 8 heteroatoms. The van der Waals surface area contributed by atoms with Crippen LogP contribution in [0.2, 0.25) is 0 Å². The molecule has 1 aromatic carbocycles. The van der Waals surface area contributed by atoms with Crippen molar-refractivity contribution in [2.24, 2.45) is 0 Å². The van der Waals surface area contributed by atoms with Crippen LogP contribution in [0.15, 0.2) is 39.6 Å². The molecule has 0 spiro atoms. The molecule has 0 unspecified atom stereocenters. The molecule has 3 aromatic rings. The highest BCUT2D eigenvalue weighted by atomic mass is 32.2. The average molecular weight is 406 g/mol. The minimum absolute atomic E-state index is 0.0901. The Kier molecular flexibility index (Phi) is 5.96. The number of nitrogens with zero attached hydrogens (tertiary/aromatic N) is 2. The molecule has 0 aliphatic heterocycles. The van der Waals surface area contributed by atoms with E-state index in [9.17, 15) is 14.0 Å². The summed E-state index contributed by atoms with van der Waals surface area (Å²) < 4.78 is 15.7. The number of carbonyl (C=O) groups is 1. The fourth-order valence-corrected chi connectivity index (χ4v) is 4.12. The Morgan fingerprint density at radius 1 is 1.41 bits per heavy atom. The van der Waals surface area contributed by atoms with Crippen molar-refractivity contribution in [2.45, 2.75) is 38.4 Å². The van der Waals surface area contributed by atoms with Crippen LogP contribution < -0.4 is 10.9 Å². The van der Waals surface area contributed by atoms with Gasteiger partial charge in [-0.2, -0.15) is 0 Å². The molecule has 1 N–H and O–H groups in total. The van der Waals surface area contributed by atoms with Crippen LogP contribution >= 0.6 is 23.1 Å². The van der Waals surface area contributed by atoms with Crippen LogP contribution in [0, 0.1) is 12.7 Å². The zero-order chi connectivity index (χ0) is 19.6. The van der Waals surface area contributed by atoms with E-state index in [1.807, 2.05) is 19.2 Å². The third-order valence-corrected chi connectivity index (χ3v) is 6.03. The lowest BCUT2D eigenvalue weighted by molar-refractivity contribution is -0.119. The molecule has 0 aliphatic carbocycles. The molecule has 0 fully saturated rings. The van der Waals surface area contributed by atoms with Gasteiger partial charge in [-0.1, -0.05) is 18.7 Å². The number of nitrogens with one attached hydrogen (secondary N) is 1. The van der Waals surface area contributed by atoms with Crippen molar-refractivity contribution in [1.29, 1.82) is 0 Å². The Labute approximate surface area is 164 Å². The third kappa shape index (κ3) is 4.22. The normalized spacial score (nSPS) is 12.3. The van der Waals surface area contributed by atoms with Gasteiger partial charge in [0.15, 0.2) is 5.16 Å². The number of carbonyl (C=O) groups excluding carboxylic acids is 1. The minimum atomic E-state index is -0.334. The summed E-state index contributed by atoms with van der Waals surface area (Å²) in [6, 6.07) is 6.37. The summed E-state index contributed by atoms with van der Waals surface area (Å²) in [4.78, 5) is 29.7. The Morgan fingerprint density at radius 3 is 2.89 bits per heavy atom. The zero-order valence-electron chi connectivity index (χ0n) is 15.3. The molecule has 0 aliphatic rings. The summed E-state index contributed by atoms with van der Waals surface area (Å²) in [5, 5.41) is 5.12. The number of thioether (sulfide) groups is 1. The van der Waals surface area contributed by atoms with Gasteiger partial charge in [0.05, 0.1) is 17.0 Å². The number of hydrogen-bond acceptors (Lipinski definition) is 5. The molecule has 1 atom stereocenters. The van der Waals surface area contributed by atoms with E-state index in [2.05, 4.69) is 10.3 Å². The van der Waals surface area contributed by atoms with Crippen LogP contribution in [-0.2, 0) is 4.79 Å². The lowest BCUT2D eigenvalue weighted by Crippen LogP contribution is -2.33. The number of aryl methyl sites for hydroxylation is 1. The second kappa shape index (κ2) is 8.22. The van der Waals surface area contributed by atoms with Gasteiger partial charge in [0, 0.05) is 6.04 Å². The number of aromatic nitrogens is 2. The molecule has 27 heavy (non-hydrogen) atoms. The van der Waals surface area contributed by atoms with Crippen LogP contribution in [0.4, 0.5) is 4.39 Å². The molecule has 2 heterocycles. The Balaban J connectivity index is 2.01. The predicted molar refractivity (Wildman–Crippen MR) is 109 cm³/mol. The lowest BCUT2D eigenvalue weighted by atomic mass is 10.2. The topological polar surface area (TPSA) is 64.0 Å².